The lowest BCUT2D eigenvalue weighted by atomic mass is 9.99. The van der Waals surface area contributed by atoms with Gasteiger partial charge in [0, 0.05) is 12.6 Å². The van der Waals surface area contributed by atoms with Crippen LogP contribution in [0.4, 0.5) is 0 Å². The number of rotatable bonds is 3. The van der Waals surface area contributed by atoms with Gasteiger partial charge in [0.15, 0.2) is 0 Å². The monoisotopic (exact) mass is 208 g/mol. The van der Waals surface area contributed by atoms with Crippen molar-refractivity contribution < 1.29 is 4.42 Å². The van der Waals surface area contributed by atoms with Gasteiger partial charge < -0.3 is 10.2 Å². The van der Waals surface area contributed by atoms with Crippen LogP contribution in [0, 0.1) is 0 Å². The predicted molar refractivity (Wildman–Crippen MR) is 60.5 cm³/mol. The highest BCUT2D eigenvalue weighted by molar-refractivity contribution is 5.04. The molecule has 0 radical (unpaired) electrons. The van der Waals surface area contributed by atoms with Gasteiger partial charge in [0.2, 0.25) is 0 Å². The fraction of sp³-hybridized carbons (Fsp3) is 0.667. The van der Waals surface area contributed by atoms with E-state index in [0.29, 0.717) is 12.1 Å². The van der Waals surface area contributed by atoms with E-state index in [1.165, 1.54) is 19.3 Å². The molecule has 2 rings (SSSR count). The molecule has 0 unspecified atom stereocenters. The molecule has 1 aliphatic heterocycles. The van der Waals surface area contributed by atoms with Crippen LogP contribution in [0.25, 0.3) is 0 Å². The fourth-order valence-corrected chi connectivity index (χ4v) is 2.48. The van der Waals surface area contributed by atoms with Gasteiger partial charge in [-0.2, -0.15) is 0 Å². The zero-order chi connectivity index (χ0) is 10.7. The summed E-state index contributed by atoms with van der Waals surface area (Å²) in [5.41, 5.74) is 5.81. The first kappa shape index (κ1) is 10.7. The van der Waals surface area contributed by atoms with Crippen LogP contribution in [-0.4, -0.2) is 24.0 Å². The average Bonchev–Trinajstić information content (AvgIpc) is 2.81. The molecule has 1 aromatic heterocycles. The summed E-state index contributed by atoms with van der Waals surface area (Å²) in [6, 6.07) is 4.88. The molecule has 2 heterocycles. The third kappa shape index (κ3) is 2.24. The number of furan rings is 1. The Morgan fingerprint density at radius 3 is 3.13 bits per heavy atom. The average molecular weight is 208 g/mol. The van der Waals surface area contributed by atoms with E-state index >= 15 is 0 Å². The molecule has 0 aromatic carbocycles. The molecule has 1 saturated heterocycles. The smallest absolute Gasteiger partial charge is 0.120 e. The molecule has 1 aromatic rings. The summed E-state index contributed by atoms with van der Waals surface area (Å²) in [5, 5.41) is 0. The molecule has 0 spiro atoms. The SMILES string of the molecule is C[C@H](c1ccco1)N1CCCC[C@H]1CN. The van der Waals surface area contributed by atoms with Gasteiger partial charge in [0.1, 0.15) is 5.76 Å². The molecular weight excluding hydrogens is 188 g/mol. The maximum Gasteiger partial charge on any atom is 0.120 e. The Labute approximate surface area is 91.2 Å². The van der Waals surface area contributed by atoms with Crippen LogP contribution in [0.1, 0.15) is 38.0 Å². The lowest BCUT2D eigenvalue weighted by molar-refractivity contribution is 0.0957. The van der Waals surface area contributed by atoms with Gasteiger partial charge in [-0.15, -0.1) is 0 Å². The molecule has 3 heteroatoms. The number of likely N-dealkylation sites (tertiary alicyclic amines) is 1. The summed E-state index contributed by atoms with van der Waals surface area (Å²) in [6.45, 7) is 4.10. The normalized spacial score (nSPS) is 25.3. The quantitative estimate of drug-likeness (QED) is 0.827. The van der Waals surface area contributed by atoms with Crippen molar-refractivity contribution >= 4 is 0 Å². The predicted octanol–water partition coefficient (Wildman–Crippen LogP) is 2.15. The Bertz CT molecular complexity index is 284. The Kier molecular flexibility index (Phi) is 3.44. The molecule has 84 valence electrons. The van der Waals surface area contributed by atoms with Crippen LogP contribution in [0.5, 0.6) is 0 Å². The lowest BCUT2D eigenvalue weighted by Crippen LogP contribution is -2.45. The van der Waals surface area contributed by atoms with E-state index < -0.39 is 0 Å². The van der Waals surface area contributed by atoms with E-state index in [2.05, 4.69) is 11.8 Å². The molecule has 1 aliphatic rings. The molecule has 0 saturated carbocycles. The van der Waals surface area contributed by atoms with Gasteiger partial charge in [-0.25, -0.2) is 0 Å². The first-order valence-corrected chi connectivity index (χ1v) is 5.82. The number of hydrogen-bond acceptors (Lipinski definition) is 3. The number of piperidine rings is 1. The summed E-state index contributed by atoms with van der Waals surface area (Å²) in [4.78, 5) is 2.47. The highest BCUT2D eigenvalue weighted by Gasteiger charge is 2.27. The minimum Gasteiger partial charge on any atom is -0.468 e. The van der Waals surface area contributed by atoms with Crippen LogP contribution < -0.4 is 5.73 Å². The molecule has 2 atom stereocenters. The van der Waals surface area contributed by atoms with E-state index in [0.717, 1.165) is 18.8 Å². The van der Waals surface area contributed by atoms with Gasteiger partial charge >= 0.3 is 0 Å². The van der Waals surface area contributed by atoms with Gasteiger partial charge in [0.25, 0.3) is 0 Å². The third-order valence-electron chi connectivity index (χ3n) is 3.40. The minimum atomic E-state index is 0.355. The fourth-order valence-electron chi connectivity index (χ4n) is 2.48. The molecule has 0 aliphatic carbocycles. The minimum absolute atomic E-state index is 0.355. The number of nitrogens with zero attached hydrogens (tertiary/aromatic N) is 1. The van der Waals surface area contributed by atoms with Crippen molar-refractivity contribution in [2.75, 3.05) is 13.1 Å². The molecule has 2 N–H and O–H groups in total. The van der Waals surface area contributed by atoms with Crippen LogP contribution >= 0.6 is 0 Å². The standard InChI is InChI=1S/C12H20N2O/c1-10(12-6-4-8-15-12)14-7-3-2-5-11(14)9-13/h4,6,8,10-11H,2-3,5,7,9,13H2,1H3/t10-,11+/m1/s1. The molecule has 0 amide bonds. The van der Waals surface area contributed by atoms with Crippen LogP contribution in [0.2, 0.25) is 0 Å². The molecular formula is C12H20N2O. The van der Waals surface area contributed by atoms with Crippen molar-refractivity contribution in [2.45, 2.75) is 38.3 Å². The van der Waals surface area contributed by atoms with Crippen molar-refractivity contribution in [3.05, 3.63) is 24.2 Å². The molecule has 1 fully saturated rings. The third-order valence-corrected chi connectivity index (χ3v) is 3.40. The second-order valence-electron chi connectivity index (χ2n) is 4.31. The van der Waals surface area contributed by atoms with Crippen LogP contribution in [-0.2, 0) is 0 Å². The van der Waals surface area contributed by atoms with Crippen LogP contribution in [0.3, 0.4) is 0 Å². The van der Waals surface area contributed by atoms with E-state index in [4.69, 9.17) is 10.2 Å². The highest BCUT2D eigenvalue weighted by atomic mass is 16.3. The number of hydrogen-bond donors (Lipinski definition) is 1. The summed E-state index contributed by atoms with van der Waals surface area (Å²) in [7, 11) is 0. The molecule has 15 heavy (non-hydrogen) atoms. The van der Waals surface area contributed by atoms with Crippen molar-refractivity contribution in [2.24, 2.45) is 5.73 Å². The lowest BCUT2D eigenvalue weighted by Gasteiger charge is -2.38. The Morgan fingerprint density at radius 1 is 1.60 bits per heavy atom. The number of nitrogens with two attached hydrogens (primary N) is 1. The van der Waals surface area contributed by atoms with Gasteiger partial charge in [-0.05, 0) is 38.4 Å². The zero-order valence-electron chi connectivity index (χ0n) is 9.36. The van der Waals surface area contributed by atoms with Crippen LogP contribution in [0.15, 0.2) is 22.8 Å². The van der Waals surface area contributed by atoms with Crippen molar-refractivity contribution in [1.29, 1.82) is 0 Å². The summed E-state index contributed by atoms with van der Waals surface area (Å²) in [5.74, 6) is 1.05. The van der Waals surface area contributed by atoms with Crippen molar-refractivity contribution in [3.63, 3.8) is 0 Å². The molecule has 3 nitrogen and oxygen atoms in total. The van der Waals surface area contributed by atoms with Crippen molar-refractivity contribution in [1.82, 2.24) is 4.90 Å². The summed E-state index contributed by atoms with van der Waals surface area (Å²) in [6.07, 6.45) is 5.56. The highest BCUT2D eigenvalue weighted by Crippen LogP contribution is 2.27. The Hall–Kier alpha value is -0.800. The zero-order valence-corrected chi connectivity index (χ0v) is 9.36. The first-order chi connectivity index (χ1) is 7.33. The van der Waals surface area contributed by atoms with E-state index in [1.54, 1.807) is 6.26 Å². The molecule has 0 bridgehead atoms. The Balaban J connectivity index is 2.07. The first-order valence-electron chi connectivity index (χ1n) is 5.82. The summed E-state index contributed by atoms with van der Waals surface area (Å²) < 4.78 is 5.46. The van der Waals surface area contributed by atoms with Gasteiger partial charge in [-0.3, -0.25) is 4.90 Å². The van der Waals surface area contributed by atoms with Gasteiger partial charge in [-0.1, -0.05) is 6.42 Å². The topological polar surface area (TPSA) is 42.4 Å². The maximum atomic E-state index is 5.81. The van der Waals surface area contributed by atoms with Crippen molar-refractivity contribution in [3.8, 4) is 0 Å². The summed E-state index contributed by atoms with van der Waals surface area (Å²) >= 11 is 0. The maximum absolute atomic E-state index is 5.81. The second kappa shape index (κ2) is 4.81. The van der Waals surface area contributed by atoms with E-state index in [-0.39, 0.29) is 0 Å². The van der Waals surface area contributed by atoms with E-state index in [9.17, 15) is 0 Å². The van der Waals surface area contributed by atoms with E-state index in [1.807, 2.05) is 12.1 Å². The second-order valence-corrected chi connectivity index (χ2v) is 4.31. The largest absolute Gasteiger partial charge is 0.468 e. The van der Waals surface area contributed by atoms with Gasteiger partial charge in [0.05, 0.1) is 12.3 Å². The Morgan fingerprint density at radius 2 is 2.47 bits per heavy atom.